The van der Waals surface area contributed by atoms with Crippen LogP contribution in [0, 0.1) is 12.8 Å². The van der Waals surface area contributed by atoms with Crippen molar-refractivity contribution >= 4 is 15.9 Å². The summed E-state index contributed by atoms with van der Waals surface area (Å²) in [5.41, 5.74) is 0.770. The third-order valence-electron chi connectivity index (χ3n) is 4.46. The van der Waals surface area contributed by atoms with Gasteiger partial charge in [-0.3, -0.25) is 4.79 Å². The molecule has 1 saturated heterocycles. The Bertz CT molecular complexity index is 660. The van der Waals surface area contributed by atoms with Gasteiger partial charge in [0.1, 0.15) is 0 Å². The van der Waals surface area contributed by atoms with Gasteiger partial charge >= 0.3 is 0 Å². The van der Waals surface area contributed by atoms with Gasteiger partial charge in [-0.2, -0.15) is 4.31 Å². The second-order valence-electron chi connectivity index (χ2n) is 6.23. The second kappa shape index (κ2) is 6.01. The summed E-state index contributed by atoms with van der Waals surface area (Å²) in [7, 11) is -3.43. The Hall–Kier alpha value is -1.40. The SMILES string of the molecule is Cc1ccccc1S(=O)(=O)N1CCC(NC(=O)C2CC2)CC1. The summed E-state index contributed by atoms with van der Waals surface area (Å²) in [4.78, 5) is 12.2. The van der Waals surface area contributed by atoms with Gasteiger partial charge < -0.3 is 5.32 Å². The van der Waals surface area contributed by atoms with Gasteiger partial charge in [0.05, 0.1) is 4.90 Å². The largest absolute Gasteiger partial charge is 0.353 e. The molecule has 1 aromatic carbocycles. The summed E-state index contributed by atoms with van der Waals surface area (Å²) in [6, 6.07) is 7.17. The van der Waals surface area contributed by atoms with E-state index in [0.29, 0.717) is 30.8 Å². The molecule has 120 valence electrons. The van der Waals surface area contributed by atoms with Gasteiger partial charge in [-0.15, -0.1) is 0 Å². The Labute approximate surface area is 131 Å². The third-order valence-corrected chi connectivity index (χ3v) is 6.52. The molecule has 1 saturated carbocycles. The van der Waals surface area contributed by atoms with Crippen molar-refractivity contribution in [2.75, 3.05) is 13.1 Å². The summed E-state index contributed by atoms with van der Waals surface area (Å²) in [6.45, 7) is 2.74. The third kappa shape index (κ3) is 3.17. The molecule has 1 aliphatic carbocycles. The monoisotopic (exact) mass is 322 g/mol. The van der Waals surface area contributed by atoms with E-state index >= 15 is 0 Å². The van der Waals surface area contributed by atoms with E-state index in [1.165, 1.54) is 4.31 Å². The molecule has 1 N–H and O–H groups in total. The first-order chi connectivity index (χ1) is 10.5. The summed E-state index contributed by atoms with van der Waals surface area (Å²) >= 11 is 0. The average molecular weight is 322 g/mol. The Morgan fingerprint density at radius 1 is 1.14 bits per heavy atom. The fraction of sp³-hybridized carbons (Fsp3) is 0.562. The highest BCUT2D eigenvalue weighted by Crippen LogP contribution is 2.29. The van der Waals surface area contributed by atoms with Crippen molar-refractivity contribution in [2.24, 2.45) is 5.92 Å². The molecule has 0 radical (unpaired) electrons. The first kappa shape index (κ1) is 15.5. The topological polar surface area (TPSA) is 66.5 Å². The van der Waals surface area contributed by atoms with Gasteiger partial charge in [0, 0.05) is 25.0 Å². The van der Waals surface area contributed by atoms with Crippen molar-refractivity contribution in [3.05, 3.63) is 29.8 Å². The molecule has 0 unspecified atom stereocenters. The van der Waals surface area contributed by atoms with Gasteiger partial charge in [-0.25, -0.2) is 8.42 Å². The lowest BCUT2D eigenvalue weighted by atomic mass is 10.1. The highest BCUT2D eigenvalue weighted by Gasteiger charge is 2.34. The maximum Gasteiger partial charge on any atom is 0.243 e. The molecule has 1 amide bonds. The van der Waals surface area contributed by atoms with Crippen LogP contribution in [0.2, 0.25) is 0 Å². The first-order valence-electron chi connectivity index (χ1n) is 7.84. The average Bonchev–Trinajstić information content (AvgIpc) is 3.33. The van der Waals surface area contributed by atoms with Crippen LogP contribution in [-0.4, -0.2) is 37.8 Å². The van der Waals surface area contributed by atoms with Crippen LogP contribution >= 0.6 is 0 Å². The Balaban J connectivity index is 1.63. The van der Waals surface area contributed by atoms with E-state index in [2.05, 4.69) is 5.32 Å². The van der Waals surface area contributed by atoms with Crippen molar-refractivity contribution in [1.29, 1.82) is 0 Å². The number of piperidine rings is 1. The molecule has 2 fully saturated rings. The molecule has 22 heavy (non-hydrogen) atoms. The van der Waals surface area contributed by atoms with Crippen LogP contribution in [0.5, 0.6) is 0 Å². The number of aryl methyl sites for hydroxylation is 1. The number of nitrogens with zero attached hydrogens (tertiary/aromatic N) is 1. The van der Waals surface area contributed by atoms with Gasteiger partial charge in [0.2, 0.25) is 15.9 Å². The van der Waals surface area contributed by atoms with Crippen molar-refractivity contribution in [3.8, 4) is 0 Å². The van der Waals surface area contributed by atoms with Crippen LogP contribution < -0.4 is 5.32 Å². The zero-order valence-electron chi connectivity index (χ0n) is 12.8. The van der Waals surface area contributed by atoms with Crippen molar-refractivity contribution in [1.82, 2.24) is 9.62 Å². The number of sulfonamides is 1. The van der Waals surface area contributed by atoms with E-state index < -0.39 is 10.0 Å². The quantitative estimate of drug-likeness (QED) is 0.917. The van der Waals surface area contributed by atoms with Crippen LogP contribution in [-0.2, 0) is 14.8 Å². The molecule has 1 aromatic rings. The molecule has 0 spiro atoms. The number of carbonyl (C=O) groups is 1. The molecule has 0 bridgehead atoms. The van der Waals surface area contributed by atoms with Crippen LogP contribution in [0.3, 0.4) is 0 Å². The number of rotatable bonds is 4. The summed E-state index contributed by atoms with van der Waals surface area (Å²) in [5.74, 6) is 0.342. The van der Waals surface area contributed by atoms with Gasteiger partial charge in [0.25, 0.3) is 0 Å². The van der Waals surface area contributed by atoms with Crippen molar-refractivity contribution in [3.63, 3.8) is 0 Å². The molecule has 1 aliphatic heterocycles. The van der Waals surface area contributed by atoms with E-state index in [1.54, 1.807) is 12.1 Å². The van der Waals surface area contributed by atoms with Crippen molar-refractivity contribution < 1.29 is 13.2 Å². The Morgan fingerprint density at radius 2 is 1.77 bits per heavy atom. The summed E-state index contributed by atoms with van der Waals surface area (Å²) in [5, 5.41) is 3.04. The van der Waals surface area contributed by atoms with Gasteiger partial charge in [-0.05, 0) is 44.2 Å². The van der Waals surface area contributed by atoms with Crippen molar-refractivity contribution in [2.45, 2.75) is 43.5 Å². The van der Waals surface area contributed by atoms with E-state index in [-0.39, 0.29) is 17.9 Å². The molecule has 2 aliphatic rings. The van der Waals surface area contributed by atoms with Crippen LogP contribution in [0.1, 0.15) is 31.2 Å². The number of hydrogen-bond acceptors (Lipinski definition) is 3. The Kier molecular flexibility index (Phi) is 4.23. The second-order valence-corrected chi connectivity index (χ2v) is 8.13. The van der Waals surface area contributed by atoms with Gasteiger partial charge in [-0.1, -0.05) is 18.2 Å². The predicted molar refractivity (Wildman–Crippen MR) is 83.8 cm³/mol. The minimum atomic E-state index is -3.43. The molecule has 1 heterocycles. The van der Waals surface area contributed by atoms with Crippen LogP contribution in [0.4, 0.5) is 0 Å². The standard InChI is InChI=1S/C16H22N2O3S/c1-12-4-2-3-5-15(12)22(20,21)18-10-8-14(9-11-18)17-16(19)13-6-7-13/h2-5,13-14H,6-11H2,1H3,(H,17,19). The lowest BCUT2D eigenvalue weighted by Crippen LogP contribution is -2.46. The van der Waals surface area contributed by atoms with E-state index in [4.69, 9.17) is 0 Å². The molecule has 0 atom stereocenters. The molecular weight excluding hydrogens is 300 g/mol. The number of amides is 1. The first-order valence-corrected chi connectivity index (χ1v) is 9.28. The van der Waals surface area contributed by atoms with Crippen LogP contribution in [0.15, 0.2) is 29.2 Å². The minimum Gasteiger partial charge on any atom is -0.353 e. The highest BCUT2D eigenvalue weighted by molar-refractivity contribution is 7.89. The minimum absolute atomic E-state index is 0.108. The zero-order chi connectivity index (χ0) is 15.7. The highest BCUT2D eigenvalue weighted by atomic mass is 32.2. The molecule has 5 nitrogen and oxygen atoms in total. The lowest BCUT2D eigenvalue weighted by Gasteiger charge is -2.32. The zero-order valence-corrected chi connectivity index (χ0v) is 13.6. The Morgan fingerprint density at radius 3 is 2.36 bits per heavy atom. The molecule has 6 heteroatoms. The number of carbonyl (C=O) groups excluding carboxylic acids is 1. The predicted octanol–water partition coefficient (Wildman–Crippen LogP) is 1.67. The molecule has 3 rings (SSSR count). The number of hydrogen-bond donors (Lipinski definition) is 1. The fourth-order valence-electron chi connectivity index (χ4n) is 2.89. The van der Waals surface area contributed by atoms with Crippen LogP contribution in [0.25, 0.3) is 0 Å². The normalized spacial score (nSPS) is 20.8. The smallest absolute Gasteiger partial charge is 0.243 e. The van der Waals surface area contributed by atoms with E-state index in [0.717, 1.165) is 18.4 Å². The maximum atomic E-state index is 12.7. The molecule has 0 aromatic heterocycles. The summed E-state index contributed by atoms with van der Waals surface area (Å²) < 4.78 is 26.9. The van der Waals surface area contributed by atoms with E-state index in [1.807, 2.05) is 19.1 Å². The van der Waals surface area contributed by atoms with E-state index in [9.17, 15) is 13.2 Å². The van der Waals surface area contributed by atoms with Gasteiger partial charge in [0.15, 0.2) is 0 Å². The lowest BCUT2D eigenvalue weighted by molar-refractivity contribution is -0.123. The fourth-order valence-corrected chi connectivity index (χ4v) is 4.59. The molecular formula is C16H22N2O3S. The maximum absolute atomic E-state index is 12.7. The summed E-state index contributed by atoms with van der Waals surface area (Å²) in [6.07, 6.45) is 3.35. The number of benzene rings is 1. The number of nitrogens with one attached hydrogen (secondary N) is 1.